The van der Waals surface area contributed by atoms with Crippen molar-refractivity contribution in [3.63, 3.8) is 0 Å². The zero-order valence-corrected chi connectivity index (χ0v) is 10.4. The molecular formula is C14H20N2O. The maximum Gasteiger partial charge on any atom is 0.239 e. The number of rotatable bonds is 3. The lowest BCUT2D eigenvalue weighted by Crippen LogP contribution is -2.41. The third-order valence-corrected chi connectivity index (χ3v) is 3.51. The molecule has 1 fully saturated rings. The second-order valence-electron chi connectivity index (χ2n) is 4.76. The molecule has 0 saturated carbocycles. The van der Waals surface area contributed by atoms with E-state index in [-0.39, 0.29) is 11.9 Å². The number of amides is 1. The maximum atomic E-state index is 11.7. The number of benzene rings is 1. The molecule has 92 valence electrons. The number of aryl methyl sites for hydroxylation is 1. The highest BCUT2D eigenvalue weighted by Gasteiger charge is 2.27. The van der Waals surface area contributed by atoms with E-state index in [0.29, 0.717) is 0 Å². The molecule has 1 heterocycles. The number of nitrogens with zero attached hydrogens (tertiary/aromatic N) is 1. The SMILES string of the molecule is Cc1ccccc1C(C(N)=O)N1CCCCC1. The van der Waals surface area contributed by atoms with Crippen LogP contribution in [0.2, 0.25) is 0 Å². The van der Waals surface area contributed by atoms with Crippen LogP contribution >= 0.6 is 0 Å². The minimum absolute atomic E-state index is 0.235. The fourth-order valence-corrected chi connectivity index (χ4v) is 2.60. The first kappa shape index (κ1) is 12.1. The number of carbonyl (C=O) groups excluding carboxylic acids is 1. The molecule has 0 aliphatic carbocycles. The van der Waals surface area contributed by atoms with Gasteiger partial charge in [-0.25, -0.2) is 0 Å². The Morgan fingerprint density at radius 1 is 1.24 bits per heavy atom. The highest BCUT2D eigenvalue weighted by molar-refractivity contribution is 5.81. The van der Waals surface area contributed by atoms with Crippen molar-refractivity contribution in [3.05, 3.63) is 35.4 Å². The van der Waals surface area contributed by atoms with Crippen molar-refractivity contribution in [2.45, 2.75) is 32.2 Å². The lowest BCUT2D eigenvalue weighted by Gasteiger charge is -2.33. The van der Waals surface area contributed by atoms with Gasteiger partial charge in [-0.1, -0.05) is 30.7 Å². The highest BCUT2D eigenvalue weighted by atomic mass is 16.1. The molecule has 1 unspecified atom stereocenters. The molecule has 1 amide bonds. The van der Waals surface area contributed by atoms with Gasteiger partial charge in [0.15, 0.2) is 0 Å². The van der Waals surface area contributed by atoms with Gasteiger partial charge in [-0.05, 0) is 44.0 Å². The molecule has 0 aromatic heterocycles. The number of hydrogen-bond acceptors (Lipinski definition) is 2. The van der Waals surface area contributed by atoms with Crippen LogP contribution in [0.15, 0.2) is 24.3 Å². The lowest BCUT2D eigenvalue weighted by molar-refractivity contribution is -0.123. The van der Waals surface area contributed by atoms with E-state index in [4.69, 9.17) is 5.73 Å². The van der Waals surface area contributed by atoms with Crippen molar-refractivity contribution in [2.75, 3.05) is 13.1 Å². The van der Waals surface area contributed by atoms with E-state index in [2.05, 4.69) is 4.90 Å². The van der Waals surface area contributed by atoms with Gasteiger partial charge in [0.25, 0.3) is 0 Å². The average Bonchev–Trinajstić information content (AvgIpc) is 2.33. The second-order valence-corrected chi connectivity index (χ2v) is 4.76. The Balaban J connectivity index is 2.28. The summed E-state index contributed by atoms with van der Waals surface area (Å²) in [6.45, 7) is 3.99. The van der Waals surface area contributed by atoms with Crippen LogP contribution in [-0.4, -0.2) is 23.9 Å². The highest BCUT2D eigenvalue weighted by Crippen LogP contribution is 2.26. The van der Waals surface area contributed by atoms with Crippen molar-refractivity contribution < 1.29 is 4.79 Å². The van der Waals surface area contributed by atoms with E-state index in [0.717, 1.165) is 37.1 Å². The standard InChI is InChI=1S/C14H20N2O/c1-11-7-3-4-8-12(11)13(14(15)17)16-9-5-2-6-10-16/h3-4,7-8,13H,2,5-6,9-10H2,1H3,(H2,15,17). The Labute approximate surface area is 103 Å². The number of hydrogen-bond donors (Lipinski definition) is 1. The van der Waals surface area contributed by atoms with Crippen molar-refractivity contribution in [1.29, 1.82) is 0 Å². The molecule has 17 heavy (non-hydrogen) atoms. The molecule has 1 aromatic rings. The first-order chi connectivity index (χ1) is 8.20. The van der Waals surface area contributed by atoms with E-state index in [1.807, 2.05) is 31.2 Å². The molecule has 2 rings (SSSR count). The summed E-state index contributed by atoms with van der Waals surface area (Å²) in [5.41, 5.74) is 7.79. The van der Waals surface area contributed by atoms with E-state index in [1.54, 1.807) is 0 Å². The first-order valence-electron chi connectivity index (χ1n) is 6.29. The van der Waals surface area contributed by atoms with Crippen LogP contribution in [0.1, 0.15) is 36.4 Å². The predicted molar refractivity (Wildman–Crippen MR) is 68.5 cm³/mol. The molecular weight excluding hydrogens is 212 g/mol. The number of piperidine rings is 1. The van der Waals surface area contributed by atoms with Gasteiger partial charge in [0.05, 0.1) is 0 Å². The Morgan fingerprint density at radius 2 is 1.88 bits per heavy atom. The van der Waals surface area contributed by atoms with Gasteiger partial charge in [0, 0.05) is 0 Å². The molecule has 0 bridgehead atoms. The van der Waals surface area contributed by atoms with Gasteiger partial charge >= 0.3 is 0 Å². The van der Waals surface area contributed by atoms with Gasteiger partial charge in [-0.15, -0.1) is 0 Å². The van der Waals surface area contributed by atoms with Crippen LogP contribution in [0.3, 0.4) is 0 Å². The summed E-state index contributed by atoms with van der Waals surface area (Å²) < 4.78 is 0. The number of likely N-dealkylation sites (tertiary alicyclic amines) is 1. The van der Waals surface area contributed by atoms with Crippen molar-refractivity contribution in [2.24, 2.45) is 5.73 Å². The quantitative estimate of drug-likeness (QED) is 0.866. The van der Waals surface area contributed by atoms with Gasteiger partial charge in [-0.3, -0.25) is 9.69 Å². The van der Waals surface area contributed by atoms with Gasteiger partial charge in [0.1, 0.15) is 6.04 Å². The average molecular weight is 232 g/mol. The summed E-state index contributed by atoms with van der Waals surface area (Å²) in [4.78, 5) is 13.9. The lowest BCUT2D eigenvalue weighted by atomic mass is 9.97. The topological polar surface area (TPSA) is 46.3 Å². The molecule has 0 radical (unpaired) electrons. The Bertz CT molecular complexity index is 397. The molecule has 1 aromatic carbocycles. The normalized spacial score (nSPS) is 18.9. The van der Waals surface area contributed by atoms with Gasteiger partial charge in [-0.2, -0.15) is 0 Å². The smallest absolute Gasteiger partial charge is 0.239 e. The minimum atomic E-state index is -0.253. The van der Waals surface area contributed by atoms with Crippen molar-refractivity contribution >= 4 is 5.91 Å². The molecule has 3 heteroatoms. The largest absolute Gasteiger partial charge is 0.368 e. The third-order valence-electron chi connectivity index (χ3n) is 3.51. The van der Waals surface area contributed by atoms with Crippen LogP contribution in [0.4, 0.5) is 0 Å². The zero-order valence-electron chi connectivity index (χ0n) is 10.4. The number of carbonyl (C=O) groups is 1. The van der Waals surface area contributed by atoms with E-state index in [9.17, 15) is 4.79 Å². The van der Waals surface area contributed by atoms with Crippen LogP contribution in [-0.2, 0) is 4.79 Å². The van der Waals surface area contributed by atoms with E-state index < -0.39 is 0 Å². The molecule has 2 N–H and O–H groups in total. The fourth-order valence-electron chi connectivity index (χ4n) is 2.60. The maximum absolute atomic E-state index is 11.7. The monoisotopic (exact) mass is 232 g/mol. The van der Waals surface area contributed by atoms with Crippen molar-refractivity contribution in [1.82, 2.24) is 4.90 Å². The van der Waals surface area contributed by atoms with E-state index in [1.165, 1.54) is 6.42 Å². The number of primary amides is 1. The molecule has 0 spiro atoms. The summed E-state index contributed by atoms with van der Waals surface area (Å²) in [6.07, 6.45) is 3.58. The predicted octanol–water partition coefficient (Wildman–Crippen LogP) is 2.01. The minimum Gasteiger partial charge on any atom is -0.368 e. The number of nitrogens with two attached hydrogens (primary N) is 1. The summed E-state index contributed by atoms with van der Waals surface area (Å²) in [5.74, 6) is -0.235. The van der Waals surface area contributed by atoms with Gasteiger partial charge in [0.2, 0.25) is 5.91 Å². The zero-order chi connectivity index (χ0) is 12.3. The molecule has 1 atom stereocenters. The molecule has 3 nitrogen and oxygen atoms in total. The second kappa shape index (κ2) is 5.32. The summed E-state index contributed by atoms with van der Waals surface area (Å²) in [6, 6.07) is 7.76. The van der Waals surface area contributed by atoms with E-state index >= 15 is 0 Å². The Kier molecular flexibility index (Phi) is 3.79. The van der Waals surface area contributed by atoms with Gasteiger partial charge < -0.3 is 5.73 Å². The Morgan fingerprint density at radius 3 is 2.47 bits per heavy atom. The van der Waals surface area contributed by atoms with Crippen LogP contribution in [0.5, 0.6) is 0 Å². The fraction of sp³-hybridized carbons (Fsp3) is 0.500. The Hall–Kier alpha value is -1.35. The molecule has 1 aliphatic rings. The van der Waals surface area contributed by atoms with Crippen LogP contribution in [0.25, 0.3) is 0 Å². The molecule has 1 saturated heterocycles. The van der Waals surface area contributed by atoms with Crippen LogP contribution in [0, 0.1) is 6.92 Å². The summed E-state index contributed by atoms with van der Waals surface area (Å²) in [7, 11) is 0. The summed E-state index contributed by atoms with van der Waals surface area (Å²) in [5, 5.41) is 0. The van der Waals surface area contributed by atoms with Crippen LogP contribution < -0.4 is 5.73 Å². The van der Waals surface area contributed by atoms with Crippen molar-refractivity contribution in [3.8, 4) is 0 Å². The molecule has 1 aliphatic heterocycles. The first-order valence-corrected chi connectivity index (χ1v) is 6.29. The summed E-state index contributed by atoms with van der Waals surface area (Å²) >= 11 is 0. The third kappa shape index (κ3) is 2.67.